The normalized spacial score (nSPS) is 20.7. The Morgan fingerprint density at radius 3 is 1.97 bits per heavy atom. The molecule has 0 radical (unpaired) electrons. The van der Waals surface area contributed by atoms with Gasteiger partial charge in [-0.05, 0) is 53.5 Å². The minimum Gasteiger partial charge on any atom is -0.497 e. The Morgan fingerprint density at radius 2 is 1.42 bits per heavy atom. The van der Waals surface area contributed by atoms with Crippen LogP contribution in [0.4, 0.5) is 0 Å². The van der Waals surface area contributed by atoms with E-state index < -0.39 is 0 Å². The fourth-order valence-corrected chi connectivity index (χ4v) is 5.18. The minimum atomic E-state index is -0.331. The number of ketones is 1. The highest BCUT2D eigenvalue weighted by molar-refractivity contribution is 6.13. The van der Waals surface area contributed by atoms with E-state index in [9.17, 15) is 9.59 Å². The molecule has 0 amide bonds. The highest BCUT2D eigenvalue weighted by Gasteiger charge is 2.62. The fraction of sp³-hybridized carbons (Fsp3) is 0.226. The van der Waals surface area contributed by atoms with Gasteiger partial charge in [0.15, 0.2) is 5.78 Å². The van der Waals surface area contributed by atoms with E-state index in [1.807, 2.05) is 84.9 Å². The van der Waals surface area contributed by atoms with Crippen LogP contribution in [0.15, 0.2) is 90.5 Å². The van der Waals surface area contributed by atoms with Gasteiger partial charge in [-0.25, -0.2) is 0 Å². The Balaban J connectivity index is 1.60. The zero-order valence-electron chi connectivity index (χ0n) is 20.6. The average Bonchev–Trinajstić information content (AvgIpc) is 3.67. The number of carbonyl (C=O) groups is 2. The summed E-state index contributed by atoms with van der Waals surface area (Å²) in [5, 5.41) is 0. The molecule has 36 heavy (non-hydrogen) atoms. The van der Waals surface area contributed by atoms with Gasteiger partial charge in [0.1, 0.15) is 11.5 Å². The van der Waals surface area contributed by atoms with Crippen molar-refractivity contribution in [2.24, 2.45) is 11.8 Å². The largest absolute Gasteiger partial charge is 0.497 e. The van der Waals surface area contributed by atoms with Crippen molar-refractivity contribution >= 4 is 17.3 Å². The molecule has 182 valence electrons. The van der Waals surface area contributed by atoms with Gasteiger partial charge >= 0.3 is 5.97 Å². The number of ether oxygens (including phenoxy) is 3. The Hall–Kier alpha value is -4.12. The smallest absolute Gasteiger partial charge is 0.310 e. The number of hydrogen-bond acceptors (Lipinski definition) is 5. The number of carbonyl (C=O) groups excluding carboxylic acids is 2. The molecule has 3 aromatic rings. The van der Waals surface area contributed by atoms with Crippen LogP contribution in [0, 0.1) is 11.8 Å². The lowest BCUT2D eigenvalue weighted by molar-refractivity contribution is -0.145. The number of fused-ring (bicyclic) bond motifs is 3. The van der Waals surface area contributed by atoms with Crippen molar-refractivity contribution in [2.45, 2.75) is 12.8 Å². The van der Waals surface area contributed by atoms with E-state index in [0.717, 1.165) is 33.8 Å². The Bertz CT molecular complexity index is 1300. The lowest BCUT2D eigenvalue weighted by Gasteiger charge is -2.16. The summed E-state index contributed by atoms with van der Waals surface area (Å²) in [5.41, 5.74) is 5.17. The van der Waals surface area contributed by atoms with E-state index >= 15 is 0 Å². The topological polar surface area (TPSA) is 61.8 Å². The second kappa shape index (κ2) is 9.86. The molecule has 0 aromatic heterocycles. The summed E-state index contributed by atoms with van der Waals surface area (Å²) in [7, 11) is 3.27. The Labute approximate surface area is 211 Å². The van der Waals surface area contributed by atoms with Gasteiger partial charge in [-0.15, -0.1) is 0 Å². The predicted octanol–water partition coefficient (Wildman–Crippen LogP) is 5.85. The van der Waals surface area contributed by atoms with Crippen LogP contribution in [0.25, 0.3) is 5.57 Å². The molecule has 0 saturated heterocycles. The van der Waals surface area contributed by atoms with Crippen molar-refractivity contribution in [2.75, 3.05) is 20.8 Å². The van der Waals surface area contributed by atoms with Crippen molar-refractivity contribution in [3.8, 4) is 11.5 Å². The molecular formula is C31H28O5. The molecule has 0 heterocycles. The number of rotatable bonds is 7. The molecule has 0 spiro atoms. The van der Waals surface area contributed by atoms with E-state index in [4.69, 9.17) is 14.2 Å². The first-order chi connectivity index (χ1) is 17.6. The van der Waals surface area contributed by atoms with Gasteiger partial charge in [0.25, 0.3) is 0 Å². The van der Waals surface area contributed by atoms with Gasteiger partial charge in [0.2, 0.25) is 0 Å². The minimum absolute atomic E-state index is 0.0250. The van der Waals surface area contributed by atoms with Crippen molar-refractivity contribution in [1.82, 2.24) is 0 Å². The number of hydrogen-bond donors (Lipinski definition) is 0. The molecule has 2 aliphatic rings. The predicted molar refractivity (Wildman–Crippen MR) is 138 cm³/mol. The van der Waals surface area contributed by atoms with Crippen LogP contribution in [0.5, 0.6) is 11.5 Å². The van der Waals surface area contributed by atoms with Crippen molar-refractivity contribution < 1.29 is 23.8 Å². The molecule has 0 aliphatic heterocycles. The van der Waals surface area contributed by atoms with Crippen LogP contribution in [-0.4, -0.2) is 32.6 Å². The van der Waals surface area contributed by atoms with Crippen LogP contribution in [-0.2, 0) is 9.53 Å². The summed E-state index contributed by atoms with van der Waals surface area (Å²) in [6.07, 6.45) is 3.86. The molecule has 5 heteroatoms. The number of benzene rings is 3. The number of allylic oxidation sites excluding steroid dienone is 3. The van der Waals surface area contributed by atoms with Gasteiger partial charge in [-0.2, -0.15) is 0 Å². The summed E-state index contributed by atoms with van der Waals surface area (Å²) in [5.74, 6) is 0.740. The third kappa shape index (κ3) is 4.22. The second-order valence-electron chi connectivity index (χ2n) is 8.91. The van der Waals surface area contributed by atoms with Crippen molar-refractivity contribution in [3.05, 3.63) is 113 Å². The molecule has 2 aliphatic carbocycles. The summed E-state index contributed by atoms with van der Waals surface area (Å²) >= 11 is 0. The lowest BCUT2D eigenvalue weighted by atomic mass is 9.86. The monoisotopic (exact) mass is 480 g/mol. The fourth-order valence-electron chi connectivity index (χ4n) is 5.18. The maximum atomic E-state index is 13.5. The highest BCUT2D eigenvalue weighted by atomic mass is 16.5. The summed E-state index contributed by atoms with van der Waals surface area (Å²) < 4.78 is 16.0. The first-order valence-electron chi connectivity index (χ1n) is 12.1. The van der Waals surface area contributed by atoms with Crippen molar-refractivity contribution in [1.29, 1.82) is 0 Å². The molecular weight excluding hydrogens is 452 g/mol. The van der Waals surface area contributed by atoms with E-state index in [0.29, 0.717) is 17.7 Å². The molecule has 5 nitrogen and oxygen atoms in total. The van der Waals surface area contributed by atoms with Crippen LogP contribution < -0.4 is 9.47 Å². The van der Waals surface area contributed by atoms with E-state index in [1.54, 1.807) is 21.1 Å². The zero-order chi connectivity index (χ0) is 25.2. The second-order valence-corrected chi connectivity index (χ2v) is 8.91. The summed E-state index contributed by atoms with van der Waals surface area (Å²) in [6.45, 7) is 2.13. The van der Waals surface area contributed by atoms with E-state index in [1.165, 1.54) is 0 Å². The number of Topliss-reactive ketones (excluding diaryl/α,β-unsaturated/α-hetero) is 1. The molecule has 3 aromatic carbocycles. The first-order valence-corrected chi connectivity index (χ1v) is 12.1. The van der Waals surface area contributed by atoms with E-state index in [-0.39, 0.29) is 29.5 Å². The standard InChI is InChI=1S/C31H28O5/c1-4-36-31(33)29-27-24-7-5-6-8-25(24)30(32)26(28(27)29)18-17-23(19-9-13-21(34-2)14-10-19)20-11-15-22(35-3)16-12-20/h5-18,27-29H,4H2,1-3H3/b26-18+/t27-,28+,29+/m1/s1. The Morgan fingerprint density at radius 1 is 0.833 bits per heavy atom. The SMILES string of the molecule is CCOC(=O)[C@@H]1[C@H]2/C(=C\C=C(c3ccc(OC)cc3)c3ccc(OC)cc3)C(=O)c3ccccc3[C@@H]12. The van der Waals surface area contributed by atoms with Gasteiger partial charge in [0, 0.05) is 23.0 Å². The molecule has 1 saturated carbocycles. The third-order valence-electron chi connectivity index (χ3n) is 7.00. The van der Waals surface area contributed by atoms with Crippen LogP contribution in [0.3, 0.4) is 0 Å². The van der Waals surface area contributed by atoms with Crippen LogP contribution in [0.1, 0.15) is 39.9 Å². The lowest BCUT2D eigenvalue weighted by Crippen LogP contribution is -2.14. The highest BCUT2D eigenvalue weighted by Crippen LogP contribution is 2.62. The summed E-state index contributed by atoms with van der Waals surface area (Å²) in [6, 6.07) is 23.2. The van der Waals surface area contributed by atoms with Gasteiger partial charge in [-0.1, -0.05) is 60.7 Å². The van der Waals surface area contributed by atoms with E-state index in [2.05, 4.69) is 0 Å². The molecule has 5 rings (SSSR count). The van der Waals surface area contributed by atoms with Crippen molar-refractivity contribution in [3.63, 3.8) is 0 Å². The molecule has 0 bridgehead atoms. The quantitative estimate of drug-likeness (QED) is 0.314. The molecule has 1 fully saturated rings. The zero-order valence-corrected chi connectivity index (χ0v) is 20.6. The molecule has 3 atom stereocenters. The van der Waals surface area contributed by atoms with Gasteiger partial charge < -0.3 is 14.2 Å². The first kappa shape index (κ1) is 23.6. The number of methoxy groups -OCH3 is 2. The molecule has 0 unspecified atom stereocenters. The van der Waals surface area contributed by atoms with Crippen LogP contribution in [0.2, 0.25) is 0 Å². The number of esters is 1. The maximum Gasteiger partial charge on any atom is 0.310 e. The van der Waals surface area contributed by atoms with Crippen LogP contribution >= 0.6 is 0 Å². The Kier molecular flexibility index (Phi) is 6.47. The molecule has 0 N–H and O–H groups in total. The van der Waals surface area contributed by atoms with Gasteiger partial charge in [0.05, 0.1) is 26.7 Å². The maximum absolute atomic E-state index is 13.5. The summed E-state index contributed by atoms with van der Waals surface area (Å²) in [4.78, 5) is 26.3. The third-order valence-corrected chi connectivity index (χ3v) is 7.00. The van der Waals surface area contributed by atoms with Gasteiger partial charge in [-0.3, -0.25) is 9.59 Å². The average molecular weight is 481 g/mol.